The van der Waals surface area contributed by atoms with Crippen molar-refractivity contribution in [3.05, 3.63) is 11.4 Å². The van der Waals surface area contributed by atoms with Crippen molar-refractivity contribution in [3.63, 3.8) is 0 Å². The molecule has 0 atom stereocenters. The summed E-state index contributed by atoms with van der Waals surface area (Å²) in [7, 11) is 1.83. The van der Waals surface area contributed by atoms with Crippen LogP contribution >= 0.6 is 0 Å². The molecular formula is C15H27N5O. The summed E-state index contributed by atoms with van der Waals surface area (Å²) in [6.45, 7) is 12.1. The van der Waals surface area contributed by atoms with Crippen molar-refractivity contribution in [3.8, 4) is 0 Å². The first-order valence-electron chi connectivity index (χ1n) is 7.17. The maximum Gasteiger partial charge on any atom is 0.239 e. The number of likely N-dealkylation sites (N-methyl/N-ethyl adjacent to an activating group) is 1. The van der Waals surface area contributed by atoms with Crippen molar-refractivity contribution in [1.29, 1.82) is 0 Å². The number of nitrogens with zero attached hydrogens (tertiary/aromatic N) is 3. The fourth-order valence-electron chi connectivity index (χ4n) is 1.89. The van der Waals surface area contributed by atoms with Crippen LogP contribution in [0.15, 0.2) is 0 Å². The highest BCUT2D eigenvalue weighted by Crippen LogP contribution is 2.26. The van der Waals surface area contributed by atoms with E-state index >= 15 is 0 Å². The molecule has 0 aliphatic rings. The number of nitrogen functional groups attached to an aromatic ring is 1. The highest BCUT2D eigenvalue weighted by Gasteiger charge is 2.22. The Morgan fingerprint density at radius 3 is 2.38 bits per heavy atom. The number of hydrogen-bond donors (Lipinski definition) is 2. The number of anilines is 2. The molecule has 118 valence electrons. The number of carbonyl (C=O) groups is 1. The molecule has 0 spiro atoms. The third-order valence-corrected chi connectivity index (χ3v) is 3.02. The Bertz CT molecular complexity index is 520. The van der Waals surface area contributed by atoms with Gasteiger partial charge in [0.1, 0.15) is 17.5 Å². The molecule has 0 fully saturated rings. The predicted octanol–water partition coefficient (Wildman–Crippen LogP) is 1.63. The Labute approximate surface area is 127 Å². The summed E-state index contributed by atoms with van der Waals surface area (Å²) >= 11 is 0. The van der Waals surface area contributed by atoms with Gasteiger partial charge in [0.25, 0.3) is 0 Å². The molecule has 21 heavy (non-hydrogen) atoms. The van der Waals surface area contributed by atoms with Crippen LogP contribution in [0.1, 0.15) is 46.0 Å². The van der Waals surface area contributed by atoms with Gasteiger partial charge in [0.15, 0.2) is 0 Å². The molecule has 6 nitrogen and oxygen atoms in total. The highest BCUT2D eigenvalue weighted by molar-refractivity contribution is 5.81. The molecule has 0 saturated carbocycles. The Hall–Kier alpha value is -1.85. The second-order valence-corrected chi connectivity index (χ2v) is 6.71. The van der Waals surface area contributed by atoms with Crippen LogP contribution in [-0.4, -0.2) is 35.5 Å². The topological polar surface area (TPSA) is 84.1 Å². The van der Waals surface area contributed by atoms with Crippen molar-refractivity contribution >= 4 is 17.5 Å². The summed E-state index contributed by atoms with van der Waals surface area (Å²) in [5, 5.41) is 2.87. The van der Waals surface area contributed by atoms with Gasteiger partial charge in [0.2, 0.25) is 5.91 Å². The van der Waals surface area contributed by atoms with Gasteiger partial charge in [0, 0.05) is 24.1 Å². The second-order valence-electron chi connectivity index (χ2n) is 6.71. The van der Waals surface area contributed by atoms with Crippen molar-refractivity contribution in [2.45, 2.75) is 53.0 Å². The van der Waals surface area contributed by atoms with E-state index in [4.69, 9.17) is 5.73 Å². The molecule has 0 unspecified atom stereocenters. The number of nitrogens with two attached hydrogens (primary N) is 1. The number of carbonyl (C=O) groups excluding carboxylic acids is 1. The van der Waals surface area contributed by atoms with E-state index in [-0.39, 0.29) is 23.9 Å². The standard InChI is InChI=1S/C15H27N5O/c1-9(2)17-11(21)8-20(7)13-10(3)12(16)18-14(19-13)15(4,5)6/h9H,8H2,1-7H3,(H,17,21)(H2,16,18,19). The van der Waals surface area contributed by atoms with Gasteiger partial charge < -0.3 is 16.0 Å². The third-order valence-electron chi connectivity index (χ3n) is 3.02. The molecule has 1 aromatic heterocycles. The second kappa shape index (κ2) is 6.28. The lowest BCUT2D eigenvalue weighted by atomic mass is 9.95. The van der Waals surface area contributed by atoms with E-state index in [1.54, 1.807) is 4.90 Å². The summed E-state index contributed by atoms with van der Waals surface area (Å²) < 4.78 is 0. The average Bonchev–Trinajstić information content (AvgIpc) is 2.29. The fourth-order valence-corrected chi connectivity index (χ4v) is 1.89. The van der Waals surface area contributed by atoms with Crippen LogP contribution < -0.4 is 16.0 Å². The van der Waals surface area contributed by atoms with E-state index in [0.29, 0.717) is 17.5 Å². The van der Waals surface area contributed by atoms with Crippen molar-refractivity contribution in [1.82, 2.24) is 15.3 Å². The zero-order valence-corrected chi connectivity index (χ0v) is 14.1. The van der Waals surface area contributed by atoms with E-state index in [1.165, 1.54) is 0 Å². The Morgan fingerprint density at radius 2 is 1.90 bits per heavy atom. The summed E-state index contributed by atoms with van der Waals surface area (Å²) in [6, 6.07) is 0.118. The van der Waals surface area contributed by atoms with E-state index in [9.17, 15) is 4.79 Å². The minimum absolute atomic E-state index is 0.0404. The van der Waals surface area contributed by atoms with Crippen LogP contribution in [-0.2, 0) is 10.2 Å². The Morgan fingerprint density at radius 1 is 1.33 bits per heavy atom. The first kappa shape index (κ1) is 17.2. The minimum Gasteiger partial charge on any atom is -0.383 e. The lowest BCUT2D eigenvalue weighted by Crippen LogP contribution is -2.39. The number of rotatable bonds is 4. The molecule has 3 N–H and O–H groups in total. The average molecular weight is 293 g/mol. The maximum absolute atomic E-state index is 11.9. The number of aromatic nitrogens is 2. The molecule has 1 aromatic rings. The van der Waals surface area contributed by atoms with Gasteiger partial charge in [0.05, 0.1) is 6.54 Å². The van der Waals surface area contributed by atoms with E-state index in [2.05, 4.69) is 15.3 Å². The first-order valence-corrected chi connectivity index (χ1v) is 7.17. The number of nitrogens with one attached hydrogen (secondary N) is 1. The number of amides is 1. The summed E-state index contributed by atoms with van der Waals surface area (Å²) in [5.74, 6) is 1.80. The molecule has 6 heteroatoms. The lowest BCUT2D eigenvalue weighted by Gasteiger charge is -2.24. The monoisotopic (exact) mass is 293 g/mol. The molecule has 0 bridgehead atoms. The highest BCUT2D eigenvalue weighted by atomic mass is 16.2. The van der Waals surface area contributed by atoms with E-state index in [0.717, 1.165) is 5.56 Å². The molecule has 0 saturated heterocycles. The molecule has 0 radical (unpaired) electrons. The van der Waals surface area contributed by atoms with Crippen LogP contribution in [0.4, 0.5) is 11.6 Å². The zero-order valence-electron chi connectivity index (χ0n) is 14.1. The fraction of sp³-hybridized carbons (Fsp3) is 0.667. The Kier molecular flexibility index (Phi) is 5.15. The van der Waals surface area contributed by atoms with Crippen LogP contribution in [0, 0.1) is 6.92 Å². The van der Waals surface area contributed by atoms with Crippen LogP contribution in [0.5, 0.6) is 0 Å². The predicted molar refractivity (Wildman–Crippen MR) is 86.4 cm³/mol. The summed E-state index contributed by atoms with van der Waals surface area (Å²) in [5.41, 5.74) is 6.59. The lowest BCUT2D eigenvalue weighted by molar-refractivity contribution is -0.120. The van der Waals surface area contributed by atoms with Gasteiger partial charge in [-0.2, -0.15) is 0 Å². The van der Waals surface area contributed by atoms with Crippen LogP contribution in [0.25, 0.3) is 0 Å². The van der Waals surface area contributed by atoms with Crippen molar-refractivity contribution < 1.29 is 4.79 Å². The molecular weight excluding hydrogens is 266 g/mol. The molecule has 0 aliphatic carbocycles. The van der Waals surface area contributed by atoms with E-state index in [1.807, 2.05) is 48.6 Å². The van der Waals surface area contributed by atoms with Gasteiger partial charge in [-0.1, -0.05) is 20.8 Å². The van der Waals surface area contributed by atoms with Crippen LogP contribution in [0.2, 0.25) is 0 Å². The summed E-state index contributed by atoms with van der Waals surface area (Å²) in [4.78, 5) is 22.6. The Balaban J connectivity index is 3.06. The van der Waals surface area contributed by atoms with Gasteiger partial charge in [-0.3, -0.25) is 4.79 Å². The van der Waals surface area contributed by atoms with Crippen LogP contribution in [0.3, 0.4) is 0 Å². The normalized spacial score (nSPS) is 11.6. The summed E-state index contributed by atoms with van der Waals surface area (Å²) in [6.07, 6.45) is 0. The quantitative estimate of drug-likeness (QED) is 0.881. The van der Waals surface area contributed by atoms with E-state index < -0.39 is 0 Å². The van der Waals surface area contributed by atoms with Gasteiger partial charge in [-0.25, -0.2) is 9.97 Å². The smallest absolute Gasteiger partial charge is 0.239 e. The molecule has 1 heterocycles. The van der Waals surface area contributed by atoms with Gasteiger partial charge in [-0.05, 0) is 20.8 Å². The van der Waals surface area contributed by atoms with Gasteiger partial charge >= 0.3 is 0 Å². The molecule has 1 rings (SSSR count). The zero-order chi connectivity index (χ0) is 16.4. The first-order chi connectivity index (χ1) is 9.52. The van der Waals surface area contributed by atoms with Crippen molar-refractivity contribution in [2.75, 3.05) is 24.2 Å². The SMILES string of the molecule is Cc1c(N)nc(C(C)(C)C)nc1N(C)CC(=O)NC(C)C. The van der Waals surface area contributed by atoms with Gasteiger partial charge in [-0.15, -0.1) is 0 Å². The molecule has 0 aromatic carbocycles. The largest absolute Gasteiger partial charge is 0.383 e. The molecule has 1 amide bonds. The molecule has 0 aliphatic heterocycles. The van der Waals surface area contributed by atoms with Crippen molar-refractivity contribution in [2.24, 2.45) is 0 Å². The number of hydrogen-bond acceptors (Lipinski definition) is 5. The third kappa shape index (κ3) is 4.58. The minimum atomic E-state index is -0.197. The maximum atomic E-state index is 11.9.